The van der Waals surface area contributed by atoms with Crippen molar-refractivity contribution in [3.8, 4) is 0 Å². The van der Waals surface area contributed by atoms with Gasteiger partial charge in [-0.15, -0.1) is 0 Å². The van der Waals surface area contributed by atoms with Crippen LogP contribution in [0.15, 0.2) is 0 Å². The first-order valence-electron chi connectivity index (χ1n) is 7.81. The fourth-order valence-electron chi connectivity index (χ4n) is 3.03. The molecule has 2 aliphatic rings. The zero-order valence-electron chi connectivity index (χ0n) is 12.8. The lowest BCUT2D eigenvalue weighted by Gasteiger charge is -2.37. The lowest BCUT2D eigenvalue weighted by molar-refractivity contribution is -0.0605. The van der Waals surface area contributed by atoms with Crippen LogP contribution in [-0.4, -0.2) is 62.0 Å². The quantitative estimate of drug-likeness (QED) is 0.744. The molecule has 0 saturated carbocycles. The van der Waals surface area contributed by atoms with Crippen molar-refractivity contribution < 1.29 is 9.47 Å². The van der Waals surface area contributed by atoms with Crippen molar-refractivity contribution in [1.29, 1.82) is 0 Å². The maximum atomic E-state index is 6.12. The van der Waals surface area contributed by atoms with Crippen molar-refractivity contribution in [1.82, 2.24) is 10.2 Å². The summed E-state index contributed by atoms with van der Waals surface area (Å²) in [6.07, 6.45) is 3.97. The summed E-state index contributed by atoms with van der Waals surface area (Å²) >= 11 is 0. The van der Waals surface area contributed by atoms with Crippen LogP contribution < -0.4 is 5.32 Å². The first-order chi connectivity index (χ1) is 9.11. The SMILES string of the molecule is CCCNCC1COCCN1CC1CCC(C)(C)O1. The molecule has 0 amide bonds. The molecule has 2 unspecified atom stereocenters. The summed E-state index contributed by atoms with van der Waals surface area (Å²) in [7, 11) is 0. The summed E-state index contributed by atoms with van der Waals surface area (Å²) in [6.45, 7) is 12.5. The van der Waals surface area contributed by atoms with E-state index in [-0.39, 0.29) is 5.60 Å². The third kappa shape index (κ3) is 4.71. The third-order valence-corrected chi connectivity index (χ3v) is 4.15. The van der Waals surface area contributed by atoms with Gasteiger partial charge >= 0.3 is 0 Å². The van der Waals surface area contributed by atoms with Crippen LogP contribution in [0.2, 0.25) is 0 Å². The van der Waals surface area contributed by atoms with Crippen LogP contribution in [0.5, 0.6) is 0 Å². The molecule has 0 bridgehead atoms. The van der Waals surface area contributed by atoms with Crippen LogP contribution in [0.3, 0.4) is 0 Å². The van der Waals surface area contributed by atoms with E-state index in [1.165, 1.54) is 19.3 Å². The Hall–Kier alpha value is -0.160. The Kier molecular flexibility index (Phi) is 5.63. The standard InChI is InChI=1S/C15H30N2O2/c1-4-7-16-10-13-12-18-9-8-17(13)11-14-5-6-15(2,3)19-14/h13-14,16H,4-12H2,1-3H3. The molecule has 2 rings (SSSR count). The average molecular weight is 270 g/mol. The molecule has 2 saturated heterocycles. The molecule has 4 heteroatoms. The predicted molar refractivity (Wildman–Crippen MR) is 77.5 cm³/mol. The van der Waals surface area contributed by atoms with Crippen LogP contribution in [0.4, 0.5) is 0 Å². The normalized spacial score (nSPS) is 31.7. The van der Waals surface area contributed by atoms with Gasteiger partial charge in [0.05, 0.1) is 24.9 Å². The van der Waals surface area contributed by atoms with Crippen molar-refractivity contribution in [2.24, 2.45) is 0 Å². The summed E-state index contributed by atoms with van der Waals surface area (Å²) in [5, 5.41) is 3.51. The number of rotatable bonds is 6. The Morgan fingerprint density at radius 2 is 2.21 bits per heavy atom. The molecule has 0 spiro atoms. The Morgan fingerprint density at radius 3 is 2.89 bits per heavy atom. The van der Waals surface area contributed by atoms with Gasteiger partial charge in [-0.2, -0.15) is 0 Å². The minimum Gasteiger partial charge on any atom is -0.378 e. The van der Waals surface area contributed by atoms with Gasteiger partial charge in [0, 0.05) is 25.7 Å². The minimum atomic E-state index is 0.0763. The van der Waals surface area contributed by atoms with Crippen LogP contribution in [0, 0.1) is 0 Å². The molecular formula is C15H30N2O2. The van der Waals surface area contributed by atoms with Crippen LogP contribution in [0.25, 0.3) is 0 Å². The van der Waals surface area contributed by atoms with Gasteiger partial charge in [-0.25, -0.2) is 0 Å². The van der Waals surface area contributed by atoms with E-state index >= 15 is 0 Å². The molecule has 1 N–H and O–H groups in total. The van der Waals surface area contributed by atoms with Crippen LogP contribution in [-0.2, 0) is 9.47 Å². The lowest BCUT2D eigenvalue weighted by Crippen LogP contribution is -2.52. The smallest absolute Gasteiger partial charge is 0.0710 e. The van der Waals surface area contributed by atoms with Gasteiger partial charge in [0.1, 0.15) is 0 Å². The molecule has 2 atom stereocenters. The van der Waals surface area contributed by atoms with E-state index in [2.05, 4.69) is 31.0 Å². The van der Waals surface area contributed by atoms with E-state index in [1.807, 2.05) is 0 Å². The Bertz CT molecular complexity index is 271. The molecule has 2 aliphatic heterocycles. The van der Waals surface area contributed by atoms with Gasteiger partial charge in [0.2, 0.25) is 0 Å². The Labute approximate surface area is 117 Å². The number of nitrogens with one attached hydrogen (secondary N) is 1. The molecule has 19 heavy (non-hydrogen) atoms. The number of hydrogen-bond donors (Lipinski definition) is 1. The highest BCUT2D eigenvalue weighted by atomic mass is 16.5. The van der Waals surface area contributed by atoms with E-state index in [9.17, 15) is 0 Å². The summed E-state index contributed by atoms with van der Waals surface area (Å²) in [5.41, 5.74) is 0.0763. The van der Waals surface area contributed by atoms with Gasteiger partial charge in [-0.1, -0.05) is 6.92 Å². The van der Waals surface area contributed by atoms with E-state index in [0.29, 0.717) is 12.1 Å². The van der Waals surface area contributed by atoms with Crippen LogP contribution >= 0.6 is 0 Å². The van der Waals surface area contributed by atoms with Gasteiger partial charge in [0.25, 0.3) is 0 Å². The minimum absolute atomic E-state index is 0.0763. The highest BCUT2D eigenvalue weighted by molar-refractivity contribution is 4.86. The molecule has 0 radical (unpaired) electrons. The van der Waals surface area contributed by atoms with Crippen molar-refractivity contribution in [2.75, 3.05) is 39.4 Å². The summed E-state index contributed by atoms with van der Waals surface area (Å²) in [6, 6.07) is 0.507. The number of hydrogen-bond acceptors (Lipinski definition) is 4. The Morgan fingerprint density at radius 1 is 1.37 bits per heavy atom. The molecule has 0 aromatic heterocycles. The molecule has 2 heterocycles. The second-order valence-electron chi connectivity index (χ2n) is 6.47. The first kappa shape index (κ1) is 15.2. The van der Waals surface area contributed by atoms with E-state index in [4.69, 9.17) is 9.47 Å². The maximum Gasteiger partial charge on any atom is 0.0710 e. The number of morpholine rings is 1. The average Bonchev–Trinajstić information content (AvgIpc) is 2.71. The molecule has 112 valence electrons. The van der Waals surface area contributed by atoms with Gasteiger partial charge in [-0.05, 0) is 39.7 Å². The molecule has 0 aromatic rings. The second kappa shape index (κ2) is 7.02. The van der Waals surface area contributed by atoms with E-state index in [0.717, 1.165) is 39.4 Å². The van der Waals surface area contributed by atoms with Crippen molar-refractivity contribution in [2.45, 2.75) is 57.8 Å². The monoisotopic (exact) mass is 270 g/mol. The molecule has 0 aromatic carbocycles. The lowest BCUT2D eigenvalue weighted by atomic mass is 10.1. The Balaban J connectivity index is 1.79. The van der Waals surface area contributed by atoms with E-state index < -0.39 is 0 Å². The number of nitrogens with zero attached hydrogens (tertiary/aromatic N) is 1. The highest BCUT2D eigenvalue weighted by Gasteiger charge is 2.34. The maximum absolute atomic E-state index is 6.12. The van der Waals surface area contributed by atoms with E-state index in [1.54, 1.807) is 0 Å². The second-order valence-corrected chi connectivity index (χ2v) is 6.47. The third-order valence-electron chi connectivity index (χ3n) is 4.15. The summed E-state index contributed by atoms with van der Waals surface area (Å²) < 4.78 is 11.7. The zero-order chi connectivity index (χ0) is 13.7. The topological polar surface area (TPSA) is 33.7 Å². The number of ether oxygens (including phenoxy) is 2. The fraction of sp³-hybridized carbons (Fsp3) is 1.00. The van der Waals surface area contributed by atoms with Gasteiger partial charge in [-0.3, -0.25) is 4.90 Å². The van der Waals surface area contributed by atoms with Gasteiger partial charge < -0.3 is 14.8 Å². The first-order valence-corrected chi connectivity index (χ1v) is 7.81. The fourth-order valence-corrected chi connectivity index (χ4v) is 3.03. The molecular weight excluding hydrogens is 240 g/mol. The molecule has 4 nitrogen and oxygen atoms in total. The summed E-state index contributed by atoms with van der Waals surface area (Å²) in [5.74, 6) is 0. The van der Waals surface area contributed by atoms with Crippen molar-refractivity contribution in [3.63, 3.8) is 0 Å². The predicted octanol–water partition coefficient (Wildman–Crippen LogP) is 1.64. The van der Waals surface area contributed by atoms with Crippen LogP contribution in [0.1, 0.15) is 40.0 Å². The summed E-state index contributed by atoms with van der Waals surface area (Å²) in [4.78, 5) is 2.55. The van der Waals surface area contributed by atoms with Crippen molar-refractivity contribution in [3.05, 3.63) is 0 Å². The van der Waals surface area contributed by atoms with Gasteiger partial charge in [0.15, 0.2) is 0 Å². The largest absolute Gasteiger partial charge is 0.378 e. The molecule has 0 aliphatic carbocycles. The highest BCUT2D eigenvalue weighted by Crippen LogP contribution is 2.30. The molecule has 2 fully saturated rings. The van der Waals surface area contributed by atoms with Crippen molar-refractivity contribution >= 4 is 0 Å². The zero-order valence-corrected chi connectivity index (χ0v) is 12.8.